The number of anilines is 1. The van der Waals surface area contributed by atoms with Crippen molar-refractivity contribution in [3.63, 3.8) is 0 Å². The lowest BCUT2D eigenvalue weighted by molar-refractivity contribution is -0.127. The van der Waals surface area contributed by atoms with Gasteiger partial charge in [-0.05, 0) is 56.5 Å². The molecule has 3 rings (SSSR count). The third-order valence-electron chi connectivity index (χ3n) is 6.03. The van der Waals surface area contributed by atoms with Gasteiger partial charge in [0.1, 0.15) is 5.82 Å². The van der Waals surface area contributed by atoms with Crippen LogP contribution in [-0.2, 0) is 4.79 Å². The van der Waals surface area contributed by atoms with Crippen molar-refractivity contribution in [2.45, 2.75) is 44.9 Å². The number of benzene rings is 1. The van der Waals surface area contributed by atoms with E-state index in [0.717, 1.165) is 83.4 Å². The molecule has 1 aliphatic heterocycles. The second-order valence-electron chi connectivity index (χ2n) is 7.61. The third-order valence-corrected chi connectivity index (χ3v) is 6.03. The highest BCUT2D eigenvalue weighted by molar-refractivity contribution is 5.81. The van der Waals surface area contributed by atoms with Crippen molar-refractivity contribution >= 4 is 11.6 Å². The van der Waals surface area contributed by atoms with Gasteiger partial charge < -0.3 is 10.6 Å². The summed E-state index contributed by atoms with van der Waals surface area (Å²) in [4.78, 5) is 16.6. The average Bonchev–Trinajstić information content (AvgIpc) is 3.10. The monoisotopic (exact) mass is 347 g/mol. The number of amides is 1. The van der Waals surface area contributed by atoms with Crippen LogP contribution in [0.15, 0.2) is 24.3 Å². The minimum atomic E-state index is -0.207. The molecule has 0 bridgehead atoms. The molecule has 1 amide bonds. The van der Waals surface area contributed by atoms with Crippen molar-refractivity contribution in [2.75, 3.05) is 37.6 Å². The van der Waals surface area contributed by atoms with E-state index in [1.54, 1.807) is 0 Å². The van der Waals surface area contributed by atoms with E-state index >= 15 is 0 Å². The van der Waals surface area contributed by atoms with Crippen molar-refractivity contribution in [1.82, 2.24) is 4.90 Å². The van der Waals surface area contributed by atoms with Crippen LogP contribution < -0.4 is 10.6 Å². The van der Waals surface area contributed by atoms with E-state index in [1.165, 1.54) is 12.1 Å². The Hall–Kier alpha value is -1.62. The molecule has 2 N–H and O–H groups in total. The SMILES string of the molecule is NC(=O)C1(CCCCN2CCN(c3ccc(F)cc3)CC2)CCCC1. The molecule has 25 heavy (non-hydrogen) atoms. The van der Waals surface area contributed by atoms with Crippen molar-refractivity contribution < 1.29 is 9.18 Å². The normalized spacial score (nSPS) is 20.8. The first-order valence-corrected chi connectivity index (χ1v) is 9.62. The van der Waals surface area contributed by atoms with Gasteiger partial charge in [0.25, 0.3) is 0 Å². The minimum absolute atomic E-state index is 0.0853. The van der Waals surface area contributed by atoms with E-state index in [4.69, 9.17) is 5.73 Å². The first kappa shape index (κ1) is 18.2. The molecule has 4 nitrogen and oxygen atoms in total. The van der Waals surface area contributed by atoms with Crippen LogP contribution in [0.1, 0.15) is 44.9 Å². The van der Waals surface area contributed by atoms with Crippen LogP contribution in [-0.4, -0.2) is 43.5 Å². The number of hydrogen-bond acceptors (Lipinski definition) is 3. The van der Waals surface area contributed by atoms with Crippen LogP contribution in [0.25, 0.3) is 0 Å². The molecule has 2 aliphatic rings. The van der Waals surface area contributed by atoms with E-state index in [1.807, 2.05) is 12.1 Å². The molecule has 1 saturated heterocycles. The van der Waals surface area contributed by atoms with Crippen molar-refractivity contribution in [2.24, 2.45) is 11.1 Å². The maximum Gasteiger partial charge on any atom is 0.223 e. The lowest BCUT2D eigenvalue weighted by Crippen LogP contribution is -2.46. The molecule has 5 heteroatoms. The Morgan fingerprint density at radius 1 is 1.04 bits per heavy atom. The van der Waals surface area contributed by atoms with Crippen molar-refractivity contribution in [1.29, 1.82) is 0 Å². The average molecular weight is 347 g/mol. The smallest absolute Gasteiger partial charge is 0.223 e. The number of hydrogen-bond donors (Lipinski definition) is 1. The third kappa shape index (κ3) is 4.51. The maximum atomic E-state index is 13.0. The number of halogens is 1. The summed E-state index contributed by atoms with van der Waals surface area (Å²) in [6.45, 7) is 5.14. The number of primary amides is 1. The highest BCUT2D eigenvalue weighted by Gasteiger charge is 2.38. The summed E-state index contributed by atoms with van der Waals surface area (Å²) in [5.41, 5.74) is 6.55. The molecule has 0 aromatic heterocycles. The fourth-order valence-electron chi connectivity index (χ4n) is 4.35. The molecular weight excluding hydrogens is 317 g/mol. The fourth-order valence-corrected chi connectivity index (χ4v) is 4.35. The number of rotatable bonds is 7. The van der Waals surface area contributed by atoms with Gasteiger partial charge in [-0.2, -0.15) is 0 Å². The van der Waals surface area contributed by atoms with Gasteiger partial charge >= 0.3 is 0 Å². The van der Waals surface area contributed by atoms with Gasteiger partial charge in [-0.15, -0.1) is 0 Å². The standard InChI is InChI=1S/C20H30FN3O/c21-17-5-7-18(8-6-17)24-15-13-23(14-16-24)12-4-3-11-20(19(22)25)9-1-2-10-20/h5-8H,1-4,9-16H2,(H2,22,25). The zero-order chi connectivity index (χ0) is 17.7. The summed E-state index contributed by atoms with van der Waals surface area (Å²) in [6, 6.07) is 6.77. The number of carbonyl (C=O) groups is 1. The van der Waals surface area contributed by atoms with Crippen molar-refractivity contribution in [3.05, 3.63) is 30.1 Å². The second kappa shape index (κ2) is 8.17. The molecule has 0 radical (unpaired) electrons. The predicted octanol–water partition coefficient (Wildman–Crippen LogP) is 3.16. The van der Waals surface area contributed by atoms with E-state index in [0.29, 0.717) is 0 Å². The molecule has 1 heterocycles. The first-order valence-electron chi connectivity index (χ1n) is 9.62. The van der Waals surface area contributed by atoms with E-state index in [9.17, 15) is 9.18 Å². The number of nitrogens with two attached hydrogens (primary N) is 1. The molecule has 1 saturated carbocycles. The van der Waals surface area contributed by atoms with Gasteiger partial charge in [-0.3, -0.25) is 9.69 Å². The van der Waals surface area contributed by atoms with Crippen molar-refractivity contribution in [3.8, 4) is 0 Å². The first-order chi connectivity index (χ1) is 12.1. The van der Waals surface area contributed by atoms with Gasteiger partial charge in [0.2, 0.25) is 5.91 Å². The van der Waals surface area contributed by atoms with Gasteiger partial charge in [0, 0.05) is 37.3 Å². The highest BCUT2D eigenvalue weighted by Crippen LogP contribution is 2.42. The fraction of sp³-hybridized carbons (Fsp3) is 0.650. The van der Waals surface area contributed by atoms with Crippen LogP contribution in [0.2, 0.25) is 0 Å². The van der Waals surface area contributed by atoms with Crippen LogP contribution in [0.5, 0.6) is 0 Å². The Kier molecular flexibility index (Phi) is 5.94. The predicted molar refractivity (Wildman–Crippen MR) is 99.0 cm³/mol. The van der Waals surface area contributed by atoms with Gasteiger partial charge in [0.05, 0.1) is 0 Å². The van der Waals surface area contributed by atoms with Crippen LogP contribution in [0, 0.1) is 11.2 Å². The molecular formula is C20H30FN3O. The van der Waals surface area contributed by atoms with Crippen LogP contribution >= 0.6 is 0 Å². The summed E-state index contributed by atoms with van der Waals surface area (Å²) in [7, 11) is 0. The Morgan fingerprint density at radius 2 is 1.68 bits per heavy atom. The Balaban J connectivity index is 1.37. The van der Waals surface area contributed by atoms with Crippen LogP contribution in [0.4, 0.5) is 10.1 Å². The Bertz CT molecular complexity index is 561. The van der Waals surface area contributed by atoms with E-state index in [2.05, 4.69) is 9.80 Å². The van der Waals surface area contributed by atoms with Gasteiger partial charge in [-0.1, -0.05) is 19.3 Å². The van der Waals surface area contributed by atoms with Crippen LogP contribution in [0.3, 0.4) is 0 Å². The van der Waals surface area contributed by atoms with Gasteiger partial charge in [-0.25, -0.2) is 4.39 Å². The lowest BCUT2D eigenvalue weighted by Gasteiger charge is -2.36. The Morgan fingerprint density at radius 3 is 2.28 bits per heavy atom. The highest BCUT2D eigenvalue weighted by atomic mass is 19.1. The number of carbonyl (C=O) groups excluding carboxylic acids is 1. The minimum Gasteiger partial charge on any atom is -0.369 e. The number of unbranched alkanes of at least 4 members (excludes halogenated alkanes) is 1. The van der Waals surface area contributed by atoms with E-state index < -0.39 is 0 Å². The van der Waals surface area contributed by atoms with Gasteiger partial charge in [0.15, 0.2) is 0 Å². The molecule has 1 aromatic carbocycles. The summed E-state index contributed by atoms with van der Waals surface area (Å²) in [5, 5.41) is 0. The quantitative estimate of drug-likeness (QED) is 0.771. The number of piperazine rings is 1. The topological polar surface area (TPSA) is 49.6 Å². The summed E-state index contributed by atoms with van der Waals surface area (Å²) in [6.07, 6.45) is 7.44. The molecule has 1 aliphatic carbocycles. The summed E-state index contributed by atoms with van der Waals surface area (Å²) < 4.78 is 13.0. The zero-order valence-electron chi connectivity index (χ0n) is 15.1. The molecule has 2 fully saturated rings. The zero-order valence-corrected chi connectivity index (χ0v) is 15.1. The largest absolute Gasteiger partial charge is 0.369 e. The van der Waals surface area contributed by atoms with E-state index in [-0.39, 0.29) is 17.1 Å². The Labute approximate surface area is 150 Å². The summed E-state index contributed by atoms with van der Waals surface area (Å²) in [5.74, 6) is -0.267. The second-order valence-corrected chi connectivity index (χ2v) is 7.61. The molecule has 0 unspecified atom stereocenters. The lowest BCUT2D eigenvalue weighted by atomic mass is 9.80. The molecule has 0 atom stereocenters. The number of nitrogens with zero attached hydrogens (tertiary/aromatic N) is 2. The molecule has 138 valence electrons. The molecule has 1 aromatic rings. The summed E-state index contributed by atoms with van der Waals surface area (Å²) >= 11 is 0. The molecule has 0 spiro atoms. The maximum absolute atomic E-state index is 13.0.